The number of carbonyl (C=O) groups excluding carboxylic acids is 3. The van der Waals surface area contributed by atoms with E-state index in [0.29, 0.717) is 32.3 Å². The number of hydrogen-bond donors (Lipinski definition) is 0. The van der Waals surface area contributed by atoms with Gasteiger partial charge in [-0.1, -0.05) is 96.0 Å². The summed E-state index contributed by atoms with van der Waals surface area (Å²) >= 11 is 13.0. The van der Waals surface area contributed by atoms with Gasteiger partial charge in [0.25, 0.3) is 0 Å². The molecule has 4 aromatic rings. The minimum Gasteiger partial charge on any atom is -0.352 e. The molecule has 4 nitrogen and oxygen atoms in total. The minimum atomic E-state index is -1.58. The molecule has 0 bridgehead atoms. The van der Waals surface area contributed by atoms with Gasteiger partial charge in [-0.15, -0.1) is 0 Å². The summed E-state index contributed by atoms with van der Waals surface area (Å²) < 4.78 is 0. The monoisotopic (exact) mass is 549 g/mol. The molecule has 2 heterocycles. The van der Waals surface area contributed by atoms with E-state index in [1.165, 1.54) is 0 Å². The Labute approximate surface area is 235 Å². The highest BCUT2D eigenvalue weighted by Gasteiger charge is 2.71. The number of benzene rings is 4. The summed E-state index contributed by atoms with van der Waals surface area (Å²) in [7, 11) is 0. The van der Waals surface area contributed by atoms with Crippen molar-refractivity contribution < 1.29 is 14.4 Å². The van der Waals surface area contributed by atoms with Crippen LogP contribution >= 0.6 is 23.2 Å². The van der Waals surface area contributed by atoms with Crippen LogP contribution < -0.4 is 4.90 Å². The van der Waals surface area contributed by atoms with E-state index in [-0.39, 0.29) is 17.3 Å². The van der Waals surface area contributed by atoms with Crippen LogP contribution in [0, 0.1) is 5.41 Å². The Kier molecular flexibility index (Phi) is 5.41. The Morgan fingerprint density at radius 3 is 2.05 bits per heavy atom. The molecule has 0 aromatic heterocycles. The molecule has 0 N–H and O–H groups in total. The number of fused-ring (bicyclic) bond motifs is 5. The standard InChI is InChI=1S/C33H21Cl2NO3/c34-21-16-13-20(14-17-21)30(37)29-28(24-10-4-5-11-25(24)35)33(31(38)22-8-2-3-9-23(22)32(33)39)27-18-15-19-7-1-6-12-26(19)36(27)29/h1-18,27-29H/t27?,28-,29+/m0/s1. The van der Waals surface area contributed by atoms with Crippen molar-refractivity contribution in [1.29, 1.82) is 0 Å². The van der Waals surface area contributed by atoms with Crippen LogP contribution in [-0.4, -0.2) is 29.4 Å². The maximum absolute atomic E-state index is 14.6. The zero-order chi connectivity index (χ0) is 26.9. The van der Waals surface area contributed by atoms with Gasteiger partial charge in [0.2, 0.25) is 0 Å². The number of rotatable bonds is 3. The summed E-state index contributed by atoms with van der Waals surface area (Å²) in [5.41, 5.74) is 1.93. The zero-order valence-electron chi connectivity index (χ0n) is 20.6. The quantitative estimate of drug-likeness (QED) is 0.198. The molecule has 1 aliphatic carbocycles. The predicted molar refractivity (Wildman–Crippen MR) is 153 cm³/mol. The van der Waals surface area contributed by atoms with Crippen molar-refractivity contribution in [2.75, 3.05) is 4.90 Å². The fourth-order valence-corrected chi connectivity index (χ4v) is 7.15. The Balaban J connectivity index is 1.56. The minimum absolute atomic E-state index is 0.208. The molecule has 7 rings (SSSR count). The number of halogens is 2. The molecule has 1 spiro atoms. The first-order valence-electron chi connectivity index (χ1n) is 12.7. The van der Waals surface area contributed by atoms with Crippen molar-refractivity contribution >= 4 is 52.3 Å². The summed E-state index contributed by atoms with van der Waals surface area (Å²) in [6.07, 6.45) is 3.85. The van der Waals surface area contributed by atoms with Crippen LogP contribution in [0.15, 0.2) is 103 Å². The van der Waals surface area contributed by atoms with Crippen molar-refractivity contribution in [2.45, 2.75) is 18.0 Å². The molecule has 39 heavy (non-hydrogen) atoms. The molecule has 0 amide bonds. The molecule has 4 aromatic carbocycles. The van der Waals surface area contributed by atoms with Crippen molar-refractivity contribution in [3.05, 3.63) is 141 Å². The van der Waals surface area contributed by atoms with Gasteiger partial charge in [-0.25, -0.2) is 0 Å². The summed E-state index contributed by atoms with van der Waals surface area (Å²) in [5, 5.41) is 0.919. The molecule has 190 valence electrons. The van der Waals surface area contributed by atoms with Crippen LogP contribution in [0.5, 0.6) is 0 Å². The Morgan fingerprint density at radius 1 is 0.744 bits per heavy atom. The number of Topliss-reactive ketones (excluding diaryl/α,β-unsaturated/α-hetero) is 3. The van der Waals surface area contributed by atoms with E-state index in [2.05, 4.69) is 0 Å². The van der Waals surface area contributed by atoms with Gasteiger partial charge >= 0.3 is 0 Å². The maximum Gasteiger partial charge on any atom is 0.185 e. The van der Waals surface area contributed by atoms with Gasteiger partial charge in [0.1, 0.15) is 11.5 Å². The molecule has 3 atom stereocenters. The normalized spacial score (nSPS) is 22.1. The van der Waals surface area contributed by atoms with Gasteiger partial charge < -0.3 is 4.90 Å². The Hall–Kier alpha value is -3.99. The third kappa shape index (κ3) is 3.22. The molecular formula is C33H21Cl2NO3. The molecule has 1 saturated heterocycles. The maximum atomic E-state index is 14.6. The number of para-hydroxylation sites is 1. The third-order valence-corrected chi connectivity index (χ3v) is 8.95. The third-order valence-electron chi connectivity index (χ3n) is 8.35. The molecule has 6 heteroatoms. The van der Waals surface area contributed by atoms with Crippen LogP contribution in [-0.2, 0) is 0 Å². The lowest BCUT2D eigenvalue weighted by molar-refractivity contribution is 0.0666. The lowest BCUT2D eigenvalue weighted by atomic mass is 9.64. The van der Waals surface area contributed by atoms with E-state index in [1.807, 2.05) is 53.5 Å². The van der Waals surface area contributed by atoms with Gasteiger partial charge in [-0.2, -0.15) is 0 Å². The number of hydrogen-bond acceptors (Lipinski definition) is 4. The molecular weight excluding hydrogens is 529 g/mol. The molecule has 0 radical (unpaired) electrons. The van der Waals surface area contributed by atoms with Crippen LogP contribution in [0.2, 0.25) is 10.0 Å². The molecule has 1 fully saturated rings. The first-order valence-corrected chi connectivity index (χ1v) is 13.5. The number of anilines is 1. The second-order valence-corrected chi connectivity index (χ2v) is 11.0. The molecule has 3 aliphatic rings. The first kappa shape index (κ1) is 24.1. The predicted octanol–water partition coefficient (Wildman–Crippen LogP) is 7.31. The summed E-state index contributed by atoms with van der Waals surface area (Å²) in [5.74, 6) is -1.61. The highest BCUT2D eigenvalue weighted by molar-refractivity contribution is 6.34. The van der Waals surface area contributed by atoms with Crippen molar-refractivity contribution in [3.63, 3.8) is 0 Å². The molecule has 0 saturated carbocycles. The fourth-order valence-electron chi connectivity index (χ4n) is 6.77. The number of nitrogens with zero attached hydrogens (tertiary/aromatic N) is 1. The smallest absolute Gasteiger partial charge is 0.185 e. The van der Waals surface area contributed by atoms with Crippen molar-refractivity contribution in [2.24, 2.45) is 5.41 Å². The Bertz CT molecular complexity index is 1690. The van der Waals surface area contributed by atoms with Crippen LogP contribution in [0.1, 0.15) is 48.1 Å². The van der Waals surface area contributed by atoms with Gasteiger partial charge in [0.05, 0.1) is 6.04 Å². The van der Waals surface area contributed by atoms with Crippen LogP contribution in [0.3, 0.4) is 0 Å². The lowest BCUT2D eigenvalue weighted by Crippen LogP contribution is -2.48. The second kappa shape index (κ2) is 8.77. The highest BCUT2D eigenvalue weighted by atomic mass is 35.5. The van der Waals surface area contributed by atoms with Gasteiger partial charge in [-0.3, -0.25) is 14.4 Å². The van der Waals surface area contributed by atoms with Crippen LogP contribution in [0.25, 0.3) is 6.08 Å². The van der Waals surface area contributed by atoms with E-state index >= 15 is 0 Å². The molecule has 2 aliphatic heterocycles. The van der Waals surface area contributed by atoms with E-state index < -0.39 is 23.4 Å². The lowest BCUT2D eigenvalue weighted by Gasteiger charge is -2.37. The summed E-state index contributed by atoms with van der Waals surface area (Å²) in [4.78, 5) is 45.7. The first-order chi connectivity index (χ1) is 18.9. The second-order valence-electron chi connectivity index (χ2n) is 10.2. The summed E-state index contributed by atoms with van der Waals surface area (Å²) in [6.45, 7) is 0. The van der Waals surface area contributed by atoms with Crippen molar-refractivity contribution in [1.82, 2.24) is 0 Å². The van der Waals surface area contributed by atoms with E-state index in [1.54, 1.807) is 60.7 Å². The molecule has 1 unspecified atom stereocenters. The van der Waals surface area contributed by atoms with Crippen molar-refractivity contribution in [3.8, 4) is 0 Å². The van der Waals surface area contributed by atoms with Gasteiger partial charge in [0, 0.05) is 38.3 Å². The fraction of sp³-hybridized carbons (Fsp3) is 0.121. The largest absolute Gasteiger partial charge is 0.352 e. The van der Waals surface area contributed by atoms with Crippen LogP contribution in [0.4, 0.5) is 5.69 Å². The average molecular weight is 550 g/mol. The Morgan fingerprint density at radius 2 is 1.36 bits per heavy atom. The zero-order valence-corrected chi connectivity index (χ0v) is 22.1. The van der Waals surface area contributed by atoms with Gasteiger partial charge in [-0.05, 0) is 47.5 Å². The van der Waals surface area contributed by atoms with E-state index in [0.717, 1.165) is 11.3 Å². The number of ketones is 3. The average Bonchev–Trinajstić information content (AvgIpc) is 3.39. The van der Waals surface area contributed by atoms with Gasteiger partial charge in [0.15, 0.2) is 17.3 Å². The number of carbonyl (C=O) groups is 3. The summed E-state index contributed by atoms with van der Waals surface area (Å²) in [6, 6.07) is 27.0. The highest BCUT2D eigenvalue weighted by Crippen LogP contribution is 2.61. The topological polar surface area (TPSA) is 54.5 Å². The van der Waals surface area contributed by atoms with E-state index in [4.69, 9.17) is 23.2 Å². The van der Waals surface area contributed by atoms with E-state index in [9.17, 15) is 14.4 Å². The SMILES string of the molecule is O=C(c1ccc(Cl)cc1)[C@H]1[C@H](c2ccccc2Cl)C2(C(=O)c3ccccc3C2=O)C2C=Cc3ccccc3N21.